The summed E-state index contributed by atoms with van der Waals surface area (Å²) in [6, 6.07) is 12.5. The SMILES string of the molecule is CC1(C)OB(c2cc3oc4cc(B5OC(C)(C)C(C)(C)O5)c5cc(B6OC(C)(C)C(C)(C)O6)cc6oc7cc(B8OC(C)(C)C(C)(C)O8)c(c2)c3c7-c4c65)OC1(C)C. The first kappa shape index (κ1) is 39.1. The minimum absolute atomic E-state index is 0.540. The van der Waals surface area contributed by atoms with E-state index in [0.29, 0.717) is 22.3 Å². The van der Waals surface area contributed by atoms with Crippen molar-refractivity contribution in [3.63, 3.8) is 0 Å². The zero-order chi connectivity index (χ0) is 41.7. The Bertz CT molecular complexity index is 2400. The lowest BCUT2D eigenvalue weighted by molar-refractivity contribution is 0.00578. The normalized spacial score (nSPS) is 25.3. The summed E-state index contributed by atoms with van der Waals surface area (Å²) in [5.74, 6) is 0. The Morgan fingerprint density at radius 3 is 0.845 bits per heavy atom. The Kier molecular flexibility index (Phi) is 7.71. The second kappa shape index (κ2) is 11.4. The lowest BCUT2D eigenvalue weighted by Gasteiger charge is -2.32. The molecule has 0 unspecified atom stereocenters. The third-order valence-corrected chi connectivity index (χ3v) is 15.2. The highest BCUT2D eigenvalue weighted by atomic mass is 16.7. The summed E-state index contributed by atoms with van der Waals surface area (Å²) < 4.78 is 67.8. The van der Waals surface area contributed by atoms with Crippen molar-refractivity contribution < 1.29 is 46.1 Å². The van der Waals surface area contributed by atoms with Gasteiger partial charge in [-0.2, -0.15) is 0 Å². The Labute approximate surface area is 342 Å². The molecule has 6 aliphatic rings. The van der Waals surface area contributed by atoms with Gasteiger partial charge in [-0.1, -0.05) is 12.1 Å². The zero-order valence-electron chi connectivity index (χ0n) is 36.9. The Morgan fingerprint density at radius 1 is 0.310 bits per heavy atom. The number of rotatable bonds is 4. The summed E-state index contributed by atoms with van der Waals surface area (Å²) >= 11 is 0. The lowest BCUT2D eigenvalue weighted by atomic mass is 9.69. The molecule has 10 nitrogen and oxygen atoms in total. The molecule has 0 atom stereocenters. The molecule has 302 valence electrons. The average Bonchev–Trinajstić information content (AvgIpc) is 3.64. The first-order valence-corrected chi connectivity index (χ1v) is 20.7. The van der Waals surface area contributed by atoms with Crippen LogP contribution < -0.4 is 21.9 Å². The standard InChI is InChI=1S/C44H54B4O10/c1-37(2)38(3,4)52-45(51-37)23-17-25-27(47-55-41(9,10)42(11,12)56-47)21-32-35-33(25)29(19-23)49-31-22-28(48-57-43(13,14)44(15,16)58-48)26-18-24(20-30(50-32)34(26)36(31)35)46-53-39(5,6)40(7,8)54-46/h17-22H,1-16H3. The average molecular weight is 786 g/mol. The van der Waals surface area contributed by atoms with Crippen LogP contribution in [0.4, 0.5) is 0 Å². The van der Waals surface area contributed by atoms with E-state index in [2.05, 4.69) is 135 Å². The highest BCUT2D eigenvalue weighted by Crippen LogP contribution is 2.49. The second-order valence-corrected chi connectivity index (χ2v) is 21.1. The largest absolute Gasteiger partial charge is 0.495 e. The molecule has 0 spiro atoms. The highest BCUT2D eigenvalue weighted by Gasteiger charge is 2.56. The van der Waals surface area contributed by atoms with Crippen molar-refractivity contribution in [3.05, 3.63) is 36.4 Å². The molecule has 4 aromatic rings. The van der Waals surface area contributed by atoms with Gasteiger partial charge in [0.15, 0.2) is 0 Å². The van der Waals surface area contributed by atoms with Crippen LogP contribution in [0.25, 0.3) is 55.0 Å². The molecule has 6 aliphatic heterocycles. The fourth-order valence-corrected chi connectivity index (χ4v) is 8.69. The van der Waals surface area contributed by atoms with Crippen LogP contribution in [-0.4, -0.2) is 73.3 Å². The second-order valence-electron chi connectivity index (χ2n) is 21.1. The summed E-state index contributed by atoms with van der Waals surface area (Å²) in [6.45, 7) is 33.0. The van der Waals surface area contributed by atoms with Gasteiger partial charge in [0.05, 0.1) is 44.8 Å². The zero-order valence-corrected chi connectivity index (χ0v) is 36.9. The van der Waals surface area contributed by atoms with E-state index in [-0.39, 0.29) is 0 Å². The van der Waals surface area contributed by atoms with E-state index in [9.17, 15) is 0 Å². The van der Waals surface area contributed by atoms with Crippen LogP contribution in [0.1, 0.15) is 111 Å². The lowest BCUT2D eigenvalue weighted by Crippen LogP contribution is -2.41. The van der Waals surface area contributed by atoms with Crippen LogP contribution in [0, 0.1) is 0 Å². The van der Waals surface area contributed by atoms with Crippen LogP contribution in [0.5, 0.6) is 0 Å². The van der Waals surface area contributed by atoms with E-state index in [1.54, 1.807) is 0 Å². The summed E-state index contributed by atoms with van der Waals surface area (Å²) in [5, 5.41) is 3.63. The van der Waals surface area contributed by atoms with Gasteiger partial charge in [0.2, 0.25) is 0 Å². The van der Waals surface area contributed by atoms with Gasteiger partial charge in [-0.25, -0.2) is 0 Å². The molecular formula is C44H54B4O10. The summed E-state index contributed by atoms with van der Waals surface area (Å²) in [5.41, 5.74) is 3.40. The van der Waals surface area contributed by atoms with E-state index in [1.807, 2.05) is 12.1 Å². The molecule has 6 heterocycles. The summed E-state index contributed by atoms with van der Waals surface area (Å²) in [4.78, 5) is 0. The van der Waals surface area contributed by atoms with E-state index < -0.39 is 73.3 Å². The van der Waals surface area contributed by atoms with Crippen molar-refractivity contribution in [2.75, 3.05) is 0 Å². The Morgan fingerprint density at radius 2 is 0.569 bits per heavy atom. The maximum absolute atomic E-state index is 7.12. The topological polar surface area (TPSA) is 100 Å². The van der Waals surface area contributed by atoms with E-state index in [0.717, 1.165) is 54.5 Å². The van der Waals surface area contributed by atoms with E-state index in [4.69, 9.17) is 46.1 Å². The van der Waals surface area contributed by atoms with Crippen molar-refractivity contribution >= 4 is 94.2 Å². The minimum atomic E-state index is -0.690. The Balaban J connectivity index is 1.29. The molecule has 0 bridgehead atoms. The molecule has 4 fully saturated rings. The third kappa shape index (κ3) is 5.25. The minimum Gasteiger partial charge on any atom is -0.456 e. The van der Waals surface area contributed by atoms with Crippen LogP contribution in [0.2, 0.25) is 0 Å². The highest BCUT2D eigenvalue weighted by molar-refractivity contribution is 6.69. The van der Waals surface area contributed by atoms with Crippen molar-refractivity contribution in [2.45, 2.75) is 156 Å². The number of hydrogen-bond acceptors (Lipinski definition) is 10. The Hall–Kier alpha value is -3.06. The van der Waals surface area contributed by atoms with Crippen LogP contribution in [-0.2, 0) is 37.2 Å². The van der Waals surface area contributed by atoms with E-state index >= 15 is 0 Å². The van der Waals surface area contributed by atoms with Gasteiger partial charge < -0.3 is 46.1 Å². The fraction of sp³-hybridized carbons (Fsp3) is 0.545. The molecule has 58 heavy (non-hydrogen) atoms. The van der Waals surface area contributed by atoms with Crippen molar-refractivity contribution in [1.82, 2.24) is 0 Å². The van der Waals surface area contributed by atoms with Crippen molar-refractivity contribution in [1.29, 1.82) is 0 Å². The van der Waals surface area contributed by atoms with Crippen LogP contribution >= 0.6 is 0 Å². The van der Waals surface area contributed by atoms with E-state index in [1.165, 1.54) is 0 Å². The monoisotopic (exact) mass is 786 g/mol. The van der Waals surface area contributed by atoms with Crippen LogP contribution in [0.3, 0.4) is 0 Å². The van der Waals surface area contributed by atoms with Gasteiger partial charge in [-0.05, 0) is 168 Å². The van der Waals surface area contributed by atoms with Crippen LogP contribution in [0.15, 0.2) is 45.2 Å². The molecule has 0 aliphatic carbocycles. The van der Waals surface area contributed by atoms with Gasteiger partial charge in [-0.15, -0.1) is 0 Å². The molecule has 10 rings (SSSR count). The predicted molar refractivity (Wildman–Crippen MR) is 232 cm³/mol. The first-order valence-electron chi connectivity index (χ1n) is 20.7. The molecule has 4 aromatic carbocycles. The van der Waals surface area contributed by atoms with Gasteiger partial charge in [0.1, 0.15) is 22.3 Å². The number of benzene rings is 4. The maximum atomic E-state index is 7.12. The smallest absolute Gasteiger partial charge is 0.456 e. The molecule has 0 radical (unpaired) electrons. The maximum Gasteiger partial charge on any atom is 0.495 e. The fourth-order valence-electron chi connectivity index (χ4n) is 8.69. The summed E-state index contributed by atoms with van der Waals surface area (Å²) in [6.07, 6.45) is 0. The third-order valence-electron chi connectivity index (χ3n) is 15.2. The molecule has 4 saturated heterocycles. The molecule has 0 saturated carbocycles. The molecule has 14 heteroatoms. The predicted octanol–water partition coefficient (Wildman–Crippen LogP) is 7.22. The molecule has 0 amide bonds. The van der Waals surface area contributed by atoms with Crippen molar-refractivity contribution in [3.8, 4) is 11.1 Å². The number of hydrogen-bond donors (Lipinski definition) is 0. The molecule has 0 aromatic heterocycles. The molecular weight excluding hydrogens is 732 g/mol. The van der Waals surface area contributed by atoms with Gasteiger partial charge in [0.25, 0.3) is 0 Å². The first-order chi connectivity index (χ1) is 26.6. The van der Waals surface area contributed by atoms with Crippen molar-refractivity contribution in [2.24, 2.45) is 0 Å². The van der Waals surface area contributed by atoms with Gasteiger partial charge in [0, 0.05) is 21.9 Å². The molecule has 0 N–H and O–H groups in total. The van der Waals surface area contributed by atoms with Gasteiger partial charge in [-0.3, -0.25) is 0 Å². The quantitative estimate of drug-likeness (QED) is 0.104. The summed E-state index contributed by atoms with van der Waals surface area (Å²) in [7, 11) is -2.65. The van der Waals surface area contributed by atoms with Gasteiger partial charge >= 0.3 is 28.5 Å².